The number of nitrogens with one attached hydrogen (secondary N) is 1. The van der Waals surface area contributed by atoms with E-state index in [1.807, 2.05) is 0 Å². The molecular weight excluding hydrogens is 154 g/mol. The lowest BCUT2D eigenvalue weighted by Crippen LogP contribution is -2.53. The minimum atomic E-state index is 0.0124. The Balaban J connectivity index is 2.57. The Labute approximate surface area is 73.5 Å². The van der Waals surface area contributed by atoms with Gasteiger partial charge in [-0.1, -0.05) is 20.8 Å². The molecule has 0 bridgehead atoms. The minimum absolute atomic E-state index is 0.0124. The molecule has 1 rings (SSSR count). The van der Waals surface area contributed by atoms with Crippen molar-refractivity contribution in [1.29, 1.82) is 0 Å². The zero-order valence-electron chi connectivity index (χ0n) is 7.96. The molecule has 1 heterocycles. The molecule has 1 saturated heterocycles. The van der Waals surface area contributed by atoms with E-state index in [1.165, 1.54) is 0 Å². The average Bonchev–Trinajstić information content (AvgIpc) is 2.04. The van der Waals surface area contributed by atoms with Crippen LogP contribution in [0, 0.1) is 5.92 Å². The second-order valence-corrected chi connectivity index (χ2v) is 3.60. The highest BCUT2D eigenvalue weighted by Crippen LogP contribution is 2.15. The van der Waals surface area contributed by atoms with Crippen molar-refractivity contribution in [3.8, 4) is 0 Å². The first-order valence-corrected chi connectivity index (χ1v) is 4.56. The Hall–Kier alpha value is -0.570. The van der Waals surface area contributed by atoms with E-state index in [2.05, 4.69) is 26.1 Å². The van der Waals surface area contributed by atoms with Gasteiger partial charge in [0.15, 0.2) is 0 Å². The fourth-order valence-corrected chi connectivity index (χ4v) is 1.57. The van der Waals surface area contributed by atoms with Crippen molar-refractivity contribution in [2.24, 2.45) is 5.92 Å². The van der Waals surface area contributed by atoms with Gasteiger partial charge in [0.25, 0.3) is 0 Å². The number of carbonyl (C=O) groups excluding carboxylic acids is 1. The number of amides is 1. The highest BCUT2D eigenvalue weighted by Gasteiger charge is 2.29. The molecule has 1 fully saturated rings. The van der Waals surface area contributed by atoms with Crippen LogP contribution in [-0.4, -0.2) is 24.7 Å². The third-order valence-corrected chi connectivity index (χ3v) is 2.28. The number of hydrogen-bond donors (Lipinski definition) is 1. The largest absolute Gasteiger partial charge is 0.366 e. The second-order valence-electron chi connectivity index (χ2n) is 3.60. The van der Waals surface area contributed by atoms with Crippen LogP contribution in [0.2, 0.25) is 0 Å². The summed E-state index contributed by atoms with van der Waals surface area (Å²) in [4.78, 5) is 11.0. The van der Waals surface area contributed by atoms with E-state index in [0.29, 0.717) is 5.92 Å². The summed E-state index contributed by atoms with van der Waals surface area (Å²) in [6, 6.07) is 0.191. The summed E-state index contributed by atoms with van der Waals surface area (Å²) < 4.78 is 5.40. The maximum atomic E-state index is 11.0. The van der Waals surface area contributed by atoms with Gasteiger partial charge in [-0.2, -0.15) is 0 Å². The zero-order valence-corrected chi connectivity index (χ0v) is 7.96. The van der Waals surface area contributed by atoms with E-state index in [4.69, 9.17) is 4.74 Å². The molecule has 3 heteroatoms. The van der Waals surface area contributed by atoms with Crippen molar-refractivity contribution in [2.45, 2.75) is 39.3 Å². The molecule has 0 aromatic heterocycles. The molecule has 0 aliphatic carbocycles. The Morgan fingerprint density at radius 1 is 1.67 bits per heavy atom. The van der Waals surface area contributed by atoms with E-state index in [9.17, 15) is 4.79 Å². The van der Waals surface area contributed by atoms with Gasteiger partial charge >= 0.3 is 0 Å². The van der Waals surface area contributed by atoms with Crippen LogP contribution in [0.4, 0.5) is 0 Å². The van der Waals surface area contributed by atoms with E-state index in [1.54, 1.807) is 0 Å². The van der Waals surface area contributed by atoms with Crippen molar-refractivity contribution in [2.75, 3.05) is 6.61 Å². The molecule has 70 valence electrons. The molecule has 1 amide bonds. The molecule has 2 atom stereocenters. The van der Waals surface area contributed by atoms with Crippen molar-refractivity contribution in [3.05, 3.63) is 0 Å². The number of ether oxygens (including phenoxy) is 1. The Bertz CT molecular complexity index is 168. The van der Waals surface area contributed by atoms with Crippen LogP contribution in [0.5, 0.6) is 0 Å². The second kappa shape index (κ2) is 3.90. The summed E-state index contributed by atoms with van der Waals surface area (Å²) in [7, 11) is 0. The van der Waals surface area contributed by atoms with Crippen molar-refractivity contribution in [1.82, 2.24) is 5.32 Å². The molecule has 1 N–H and O–H groups in total. The normalized spacial score (nSPS) is 30.5. The fraction of sp³-hybridized carbons (Fsp3) is 0.889. The number of morpholine rings is 1. The molecule has 0 aromatic rings. The molecule has 12 heavy (non-hydrogen) atoms. The standard InChI is InChI=1S/C9H17NO2/c1-4-7-9(6(2)3)10-8(11)5-12-7/h6-7,9H,4-5H2,1-3H3,(H,10,11). The average molecular weight is 171 g/mol. The molecule has 1 aliphatic heterocycles. The highest BCUT2D eigenvalue weighted by molar-refractivity contribution is 5.78. The first-order chi connectivity index (χ1) is 5.65. The predicted octanol–water partition coefficient (Wildman–Crippen LogP) is 0.936. The van der Waals surface area contributed by atoms with Gasteiger partial charge < -0.3 is 10.1 Å². The molecule has 0 saturated carbocycles. The Morgan fingerprint density at radius 2 is 2.33 bits per heavy atom. The fourth-order valence-electron chi connectivity index (χ4n) is 1.57. The third-order valence-electron chi connectivity index (χ3n) is 2.28. The van der Waals surface area contributed by atoms with Crippen molar-refractivity contribution >= 4 is 5.91 Å². The van der Waals surface area contributed by atoms with Crippen LogP contribution in [0.1, 0.15) is 27.2 Å². The predicted molar refractivity (Wildman–Crippen MR) is 46.8 cm³/mol. The zero-order chi connectivity index (χ0) is 9.14. The lowest BCUT2D eigenvalue weighted by atomic mass is 9.95. The smallest absolute Gasteiger partial charge is 0.246 e. The summed E-state index contributed by atoms with van der Waals surface area (Å²) in [6.45, 7) is 6.50. The quantitative estimate of drug-likeness (QED) is 0.671. The van der Waals surface area contributed by atoms with Gasteiger partial charge in [-0.15, -0.1) is 0 Å². The molecule has 0 aromatic carbocycles. The van der Waals surface area contributed by atoms with Gasteiger partial charge in [0, 0.05) is 0 Å². The van der Waals surface area contributed by atoms with Crippen molar-refractivity contribution in [3.63, 3.8) is 0 Å². The van der Waals surface area contributed by atoms with E-state index >= 15 is 0 Å². The lowest BCUT2D eigenvalue weighted by molar-refractivity contribution is -0.138. The Kier molecular flexibility index (Phi) is 3.09. The van der Waals surface area contributed by atoms with Gasteiger partial charge in [-0.3, -0.25) is 4.79 Å². The number of carbonyl (C=O) groups is 1. The van der Waals surface area contributed by atoms with Crippen molar-refractivity contribution < 1.29 is 9.53 Å². The van der Waals surface area contributed by atoms with Crippen LogP contribution in [-0.2, 0) is 9.53 Å². The van der Waals surface area contributed by atoms with Crippen LogP contribution in [0.15, 0.2) is 0 Å². The van der Waals surface area contributed by atoms with Gasteiger partial charge in [0.2, 0.25) is 5.91 Å². The van der Waals surface area contributed by atoms with Crippen LogP contribution >= 0.6 is 0 Å². The first-order valence-electron chi connectivity index (χ1n) is 4.56. The monoisotopic (exact) mass is 171 g/mol. The Morgan fingerprint density at radius 3 is 2.83 bits per heavy atom. The summed E-state index contributed by atoms with van der Waals surface area (Å²) in [6.07, 6.45) is 1.16. The summed E-state index contributed by atoms with van der Waals surface area (Å²) in [5.74, 6) is 0.456. The van der Waals surface area contributed by atoms with E-state index in [-0.39, 0.29) is 24.7 Å². The van der Waals surface area contributed by atoms with Gasteiger partial charge in [-0.05, 0) is 12.3 Å². The maximum absolute atomic E-state index is 11.0. The SMILES string of the molecule is CCC1OCC(=O)NC1C(C)C. The summed E-state index contributed by atoms with van der Waals surface area (Å²) in [5.41, 5.74) is 0. The number of rotatable bonds is 2. The summed E-state index contributed by atoms with van der Waals surface area (Å²) in [5, 5.41) is 2.95. The van der Waals surface area contributed by atoms with E-state index in [0.717, 1.165) is 6.42 Å². The van der Waals surface area contributed by atoms with Crippen LogP contribution in [0.25, 0.3) is 0 Å². The van der Waals surface area contributed by atoms with Gasteiger partial charge in [0.1, 0.15) is 6.61 Å². The van der Waals surface area contributed by atoms with E-state index < -0.39 is 0 Å². The van der Waals surface area contributed by atoms with Gasteiger partial charge in [-0.25, -0.2) is 0 Å². The minimum Gasteiger partial charge on any atom is -0.366 e. The molecule has 0 radical (unpaired) electrons. The highest BCUT2D eigenvalue weighted by atomic mass is 16.5. The topological polar surface area (TPSA) is 38.3 Å². The molecule has 2 unspecified atom stereocenters. The lowest BCUT2D eigenvalue weighted by Gasteiger charge is -2.34. The van der Waals surface area contributed by atoms with Crippen LogP contribution in [0.3, 0.4) is 0 Å². The third kappa shape index (κ3) is 1.97. The summed E-state index contributed by atoms with van der Waals surface area (Å²) >= 11 is 0. The molecule has 3 nitrogen and oxygen atoms in total. The van der Waals surface area contributed by atoms with Gasteiger partial charge in [0.05, 0.1) is 12.1 Å². The maximum Gasteiger partial charge on any atom is 0.246 e. The molecule has 1 aliphatic rings. The molecule has 0 spiro atoms. The van der Waals surface area contributed by atoms with Crippen LogP contribution < -0.4 is 5.32 Å². The first kappa shape index (κ1) is 9.52. The molecular formula is C9H17NO2. The number of hydrogen-bond acceptors (Lipinski definition) is 2.